The Morgan fingerprint density at radius 3 is 1.85 bits per heavy atom. The van der Waals surface area contributed by atoms with Crippen molar-refractivity contribution in [3.05, 3.63) is 0 Å². The second-order valence-corrected chi connectivity index (χ2v) is 9.69. The van der Waals surface area contributed by atoms with Crippen molar-refractivity contribution in [3.8, 4) is 0 Å². The van der Waals surface area contributed by atoms with Gasteiger partial charge in [-0.15, -0.1) is 0 Å². The van der Waals surface area contributed by atoms with Crippen LogP contribution in [0.3, 0.4) is 0 Å². The van der Waals surface area contributed by atoms with Crippen LogP contribution in [-0.4, -0.2) is 22.3 Å². The minimum Gasteiger partial charge on any atom is -0.460 e. The first-order chi connectivity index (χ1) is 8.87. The zero-order valence-electron chi connectivity index (χ0n) is 13.5. The fourth-order valence-electron chi connectivity index (χ4n) is 6.24. The molecule has 0 heterocycles. The number of hydrogen-bond acceptors (Lipinski definition) is 3. The van der Waals surface area contributed by atoms with Crippen molar-refractivity contribution in [2.24, 2.45) is 16.2 Å². The highest BCUT2D eigenvalue weighted by Gasteiger charge is 2.68. The number of carbonyl (C=O) groups excluding carboxylic acids is 1. The minimum absolute atomic E-state index is 0.0834. The van der Waals surface area contributed by atoms with Gasteiger partial charge in [-0.1, -0.05) is 13.8 Å². The van der Waals surface area contributed by atoms with E-state index in [9.17, 15) is 9.90 Å². The zero-order chi connectivity index (χ0) is 15.0. The van der Waals surface area contributed by atoms with Gasteiger partial charge in [0.15, 0.2) is 0 Å². The maximum Gasteiger partial charge on any atom is 0.312 e. The van der Waals surface area contributed by atoms with Crippen molar-refractivity contribution in [1.82, 2.24) is 0 Å². The van der Waals surface area contributed by atoms with E-state index in [1.807, 2.05) is 20.8 Å². The van der Waals surface area contributed by atoms with E-state index in [0.29, 0.717) is 6.42 Å². The molecule has 4 rings (SSSR count). The highest BCUT2D eigenvalue weighted by atomic mass is 16.6. The Morgan fingerprint density at radius 2 is 1.45 bits per heavy atom. The molecule has 3 heteroatoms. The number of hydrogen-bond donors (Lipinski definition) is 1. The van der Waals surface area contributed by atoms with Gasteiger partial charge in [-0.25, -0.2) is 0 Å². The summed E-state index contributed by atoms with van der Waals surface area (Å²) in [4.78, 5) is 12.8. The average molecular weight is 280 g/mol. The van der Waals surface area contributed by atoms with E-state index in [2.05, 4.69) is 13.8 Å². The fraction of sp³-hybridized carbons (Fsp3) is 0.941. The molecule has 2 atom stereocenters. The van der Waals surface area contributed by atoms with E-state index >= 15 is 0 Å². The lowest BCUT2D eigenvalue weighted by Crippen LogP contribution is -2.65. The van der Waals surface area contributed by atoms with Crippen LogP contribution in [0.1, 0.15) is 73.1 Å². The van der Waals surface area contributed by atoms with Gasteiger partial charge in [-0.2, -0.15) is 0 Å². The lowest BCUT2D eigenvalue weighted by atomic mass is 9.39. The van der Waals surface area contributed by atoms with Gasteiger partial charge in [0.1, 0.15) is 5.60 Å². The van der Waals surface area contributed by atoms with Crippen LogP contribution in [0.25, 0.3) is 0 Å². The molecule has 0 amide bonds. The summed E-state index contributed by atoms with van der Waals surface area (Å²) in [6.45, 7) is 10.2. The monoisotopic (exact) mass is 280 g/mol. The van der Waals surface area contributed by atoms with E-state index in [0.717, 1.165) is 32.1 Å². The van der Waals surface area contributed by atoms with Gasteiger partial charge in [-0.05, 0) is 70.1 Å². The number of esters is 1. The maximum atomic E-state index is 12.8. The molecule has 0 aliphatic heterocycles. The number of rotatable bonds is 1. The molecule has 0 spiro atoms. The van der Waals surface area contributed by atoms with Gasteiger partial charge in [-0.3, -0.25) is 4.79 Å². The molecule has 4 saturated carbocycles. The SMILES string of the molecule is CC12CC3(C)CC(O)(C1)CC(C(=O)OC(C)(C)C)(C2)C3. The van der Waals surface area contributed by atoms with E-state index in [-0.39, 0.29) is 16.8 Å². The van der Waals surface area contributed by atoms with E-state index in [4.69, 9.17) is 4.74 Å². The standard InChI is InChI=1S/C17H28O3/c1-13(2,3)20-12(18)16-7-14(4)6-15(5,8-16)10-17(19,9-14)11-16/h19H,6-11H2,1-5H3. The van der Waals surface area contributed by atoms with Crippen molar-refractivity contribution in [3.63, 3.8) is 0 Å². The summed E-state index contributed by atoms with van der Waals surface area (Å²) in [5.41, 5.74) is -1.38. The average Bonchev–Trinajstić information content (AvgIpc) is 2.05. The molecule has 4 aliphatic carbocycles. The summed E-state index contributed by atoms with van der Waals surface area (Å²) in [5, 5.41) is 10.9. The quantitative estimate of drug-likeness (QED) is 0.748. The van der Waals surface area contributed by atoms with E-state index in [1.165, 1.54) is 0 Å². The van der Waals surface area contributed by atoms with Crippen molar-refractivity contribution in [2.45, 2.75) is 84.3 Å². The number of ether oxygens (including phenoxy) is 1. The van der Waals surface area contributed by atoms with Crippen LogP contribution in [0.2, 0.25) is 0 Å². The van der Waals surface area contributed by atoms with Crippen molar-refractivity contribution >= 4 is 5.97 Å². The highest BCUT2D eigenvalue weighted by Crippen LogP contribution is 2.71. The molecule has 3 nitrogen and oxygen atoms in total. The van der Waals surface area contributed by atoms with Gasteiger partial charge >= 0.3 is 5.97 Å². The van der Waals surface area contributed by atoms with Crippen molar-refractivity contribution in [2.75, 3.05) is 0 Å². The molecule has 114 valence electrons. The first kappa shape index (κ1) is 14.4. The second kappa shape index (κ2) is 3.60. The molecule has 4 fully saturated rings. The molecule has 2 unspecified atom stereocenters. The normalized spacial score (nSPS) is 50.3. The lowest BCUT2D eigenvalue weighted by Gasteiger charge is -2.67. The Kier molecular flexibility index (Phi) is 2.59. The topological polar surface area (TPSA) is 46.5 Å². The molecule has 1 N–H and O–H groups in total. The Labute approximate surface area is 122 Å². The predicted octanol–water partition coefficient (Wildman–Crippen LogP) is 3.44. The van der Waals surface area contributed by atoms with Crippen LogP contribution in [0, 0.1) is 16.2 Å². The Bertz CT molecular complexity index is 406. The van der Waals surface area contributed by atoms with Crippen LogP contribution in [0.4, 0.5) is 0 Å². The molecule has 0 aromatic heterocycles. The molecule has 20 heavy (non-hydrogen) atoms. The van der Waals surface area contributed by atoms with Gasteiger partial charge < -0.3 is 9.84 Å². The zero-order valence-corrected chi connectivity index (χ0v) is 13.5. The molecule has 0 aromatic rings. The summed E-state index contributed by atoms with van der Waals surface area (Å²) in [6, 6.07) is 0. The van der Waals surface area contributed by atoms with E-state index in [1.54, 1.807) is 0 Å². The maximum absolute atomic E-state index is 12.8. The highest BCUT2D eigenvalue weighted by molar-refractivity contribution is 5.78. The van der Waals surface area contributed by atoms with Crippen LogP contribution in [0.15, 0.2) is 0 Å². The number of aliphatic hydroxyl groups is 1. The smallest absolute Gasteiger partial charge is 0.312 e. The van der Waals surface area contributed by atoms with E-state index < -0.39 is 16.6 Å². The first-order valence-corrected chi connectivity index (χ1v) is 7.83. The lowest BCUT2D eigenvalue weighted by molar-refractivity contribution is -0.238. The Morgan fingerprint density at radius 1 is 0.950 bits per heavy atom. The summed E-state index contributed by atoms with van der Waals surface area (Å²) in [6.07, 6.45) is 5.19. The van der Waals surface area contributed by atoms with Crippen LogP contribution in [0.5, 0.6) is 0 Å². The van der Waals surface area contributed by atoms with Gasteiger partial charge in [0, 0.05) is 0 Å². The summed E-state index contributed by atoms with van der Waals surface area (Å²) in [7, 11) is 0. The summed E-state index contributed by atoms with van der Waals surface area (Å²) < 4.78 is 5.71. The van der Waals surface area contributed by atoms with Crippen LogP contribution >= 0.6 is 0 Å². The second-order valence-electron chi connectivity index (χ2n) is 9.69. The van der Waals surface area contributed by atoms with Gasteiger partial charge in [0.25, 0.3) is 0 Å². The predicted molar refractivity (Wildman–Crippen MR) is 77.1 cm³/mol. The molecule has 0 saturated heterocycles. The van der Waals surface area contributed by atoms with Gasteiger partial charge in [0.05, 0.1) is 11.0 Å². The minimum atomic E-state index is -0.658. The third-order valence-corrected chi connectivity index (χ3v) is 5.39. The third-order valence-electron chi connectivity index (χ3n) is 5.39. The number of carbonyl (C=O) groups is 1. The molecular weight excluding hydrogens is 252 g/mol. The molecule has 4 bridgehead atoms. The summed E-state index contributed by atoms with van der Waals surface area (Å²) in [5.74, 6) is -0.0834. The van der Waals surface area contributed by atoms with Crippen molar-refractivity contribution in [1.29, 1.82) is 0 Å². The Hall–Kier alpha value is -0.570. The molecule has 0 aromatic carbocycles. The molecular formula is C17H28O3. The summed E-state index contributed by atoms with van der Waals surface area (Å²) >= 11 is 0. The first-order valence-electron chi connectivity index (χ1n) is 7.83. The fourth-order valence-corrected chi connectivity index (χ4v) is 6.24. The largest absolute Gasteiger partial charge is 0.460 e. The Balaban J connectivity index is 1.96. The third kappa shape index (κ3) is 2.18. The van der Waals surface area contributed by atoms with Gasteiger partial charge in [0.2, 0.25) is 0 Å². The van der Waals surface area contributed by atoms with Crippen LogP contribution < -0.4 is 0 Å². The molecule has 4 aliphatic rings. The van der Waals surface area contributed by atoms with Crippen molar-refractivity contribution < 1.29 is 14.6 Å². The molecule has 0 radical (unpaired) electrons. The van der Waals surface area contributed by atoms with Crippen LogP contribution in [-0.2, 0) is 9.53 Å².